The third kappa shape index (κ3) is 4.35. The van der Waals surface area contributed by atoms with Crippen molar-refractivity contribution in [2.45, 2.75) is 6.54 Å². The Morgan fingerprint density at radius 1 is 1.04 bits per heavy atom. The van der Waals surface area contributed by atoms with Gasteiger partial charge >= 0.3 is 0 Å². The third-order valence-corrected chi connectivity index (χ3v) is 4.89. The van der Waals surface area contributed by atoms with Crippen LogP contribution in [0.4, 0.5) is 5.69 Å². The van der Waals surface area contributed by atoms with Gasteiger partial charge < -0.3 is 19.5 Å². The minimum atomic E-state index is -0.211. The van der Waals surface area contributed by atoms with Crippen molar-refractivity contribution in [2.24, 2.45) is 0 Å². The molecule has 1 fully saturated rings. The van der Waals surface area contributed by atoms with Crippen LogP contribution in [0.1, 0.15) is 15.9 Å². The van der Waals surface area contributed by atoms with Crippen molar-refractivity contribution in [3.8, 4) is 11.5 Å². The fraction of sp³-hybridized carbons (Fsp3) is 0.350. The van der Waals surface area contributed by atoms with Crippen molar-refractivity contribution in [1.82, 2.24) is 4.90 Å². The fourth-order valence-electron chi connectivity index (χ4n) is 3.18. The Bertz CT molecular complexity index is 837. The minimum absolute atomic E-state index is 0.211. The minimum Gasteiger partial charge on any atom is -0.486 e. The Labute approximate surface area is 163 Å². The van der Waals surface area contributed by atoms with Crippen LogP contribution in [0.15, 0.2) is 36.4 Å². The van der Waals surface area contributed by atoms with E-state index in [9.17, 15) is 4.79 Å². The standard InChI is InChI=1S/C20H21ClN2O4/c21-16-11-18-19(27-9-8-26-18)12-17(16)22-20(24)15-3-1-2-14(10-15)13-23-4-6-25-7-5-23/h1-3,10-12H,4-9,13H2,(H,22,24). The smallest absolute Gasteiger partial charge is 0.255 e. The van der Waals surface area contributed by atoms with Gasteiger partial charge in [0.15, 0.2) is 11.5 Å². The van der Waals surface area contributed by atoms with Gasteiger partial charge in [-0.25, -0.2) is 0 Å². The maximum absolute atomic E-state index is 12.7. The summed E-state index contributed by atoms with van der Waals surface area (Å²) in [5.41, 5.74) is 2.19. The number of halogens is 1. The van der Waals surface area contributed by atoms with Gasteiger partial charge in [0.2, 0.25) is 0 Å². The lowest BCUT2D eigenvalue weighted by Crippen LogP contribution is -2.35. The number of ether oxygens (including phenoxy) is 3. The van der Waals surface area contributed by atoms with E-state index in [0.717, 1.165) is 38.4 Å². The zero-order chi connectivity index (χ0) is 18.6. The summed E-state index contributed by atoms with van der Waals surface area (Å²) in [5.74, 6) is 0.969. The van der Waals surface area contributed by atoms with Gasteiger partial charge in [-0.3, -0.25) is 9.69 Å². The Morgan fingerprint density at radius 3 is 2.56 bits per heavy atom. The van der Waals surface area contributed by atoms with Gasteiger partial charge in [-0.05, 0) is 17.7 Å². The van der Waals surface area contributed by atoms with Gasteiger partial charge in [-0.2, -0.15) is 0 Å². The summed E-state index contributed by atoms with van der Waals surface area (Å²) in [7, 11) is 0. The average molecular weight is 389 g/mol. The summed E-state index contributed by atoms with van der Waals surface area (Å²) in [5, 5.41) is 3.28. The van der Waals surface area contributed by atoms with Gasteiger partial charge in [-0.1, -0.05) is 23.7 Å². The van der Waals surface area contributed by atoms with Crippen molar-refractivity contribution in [3.63, 3.8) is 0 Å². The van der Waals surface area contributed by atoms with E-state index in [0.29, 0.717) is 41.0 Å². The van der Waals surface area contributed by atoms with Crippen molar-refractivity contribution in [3.05, 3.63) is 52.5 Å². The second-order valence-corrected chi connectivity index (χ2v) is 6.93. The maximum Gasteiger partial charge on any atom is 0.255 e. The molecular formula is C20H21ClN2O4. The normalized spacial score (nSPS) is 16.8. The molecule has 1 saturated heterocycles. The zero-order valence-corrected chi connectivity index (χ0v) is 15.6. The number of rotatable bonds is 4. The van der Waals surface area contributed by atoms with Crippen molar-refractivity contribution >= 4 is 23.2 Å². The number of carbonyl (C=O) groups is 1. The van der Waals surface area contributed by atoms with Crippen LogP contribution in [-0.2, 0) is 11.3 Å². The Morgan fingerprint density at radius 2 is 1.78 bits per heavy atom. The van der Waals surface area contributed by atoms with Crippen LogP contribution >= 0.6 is 11.6 Å². The molecular weight excluding hydrogens is 368 g/mol. The molecule has 0 unspecified atom stereocenters. The quantitative estimate of drug-likeness (QED) is 0.871. The molecule has 2 aliphatic rings. The van der Waals surface area contributed by atoms with E-state index >= 15 is 0 Å². The highest BCUT2D eigenvalue weighted by Crippen LogP contribution is 2.38. The highest BCUT2D eigenvalue weighted by Gasteiger charge is 2.17. The Balaban J connectivity index is 1.47. The van der Waals surface area contributed by atoms with Gasteiger partial charge in [-0.15, -0.1) is 0 Å². The van der Waals surface area contributed by atoms with Crippen molar-refractivity contribution in [1.29, 1.82) is 0 Å². The van der Waals surface area contributed by atoms with Crippen LogP contribution in [0, 0.1) is 0 Å². The molecule has 1 N–H and O–H groups in total. The molecule has 2 aliphatic heterocycles. The molecule has 7 heteroatoms. The summed E-state index contributed by atoms with van der Waals surface area (Å²) in [6, 6.07) is 11.0. The number of amides is 1. The molecule has 142 valence electrons. The summed E-state index contributed by atoms with van der Waals surface area (Å²) in [6.07, 6.45) is 0. The first-order valence-corrected chi connectivity index (χ1v) is 9.36. The number of anilines is 1. The highest BCUT2D eigenvalue weighted by molar-refractivity contribution is 6.34. The maximum atomic E-state index is 12.7. The zero-order valence-electron chi connectivity index (χ0n) is 14.9. The van der Waals surface area contributed by atoms with E-state index in [4.69, 9.17) is 25.8 Å². The van der Waals surface area contributed by atoms with Crippen LogP contribution in [-0.4, -0.2) is 50.3 Å². The predicted octanol–water partition coefficient (Wildman–Crippen LogP) is 3.20. The van der Waals surface area contributed by atoms with Crippen LogP contribution in [0.3, 0.4) is 0 Å². The second kappa shape index (κ2) is 8.17. The number of benzene rings is 2. The number of carbonyl (C=O) groups excluding carboxylic acids is 1. The molecule has 0 saturated carbocycles. The topological polar surface area (TPSA) is 60.0 Å². The van der Waals surface area contributed by atoms with E-state index in [1.807, 2.05) is 18.2 Å². The summed E-state index contributed by atoms with van der Waals surface area (Å²) in [4.78, 5) is 15.0. The number of nitrogens with one attached hydrogen (secondary N) is 1. The molecule has 2 aromatic carbocycles. The number of morpholine rings is 1. The summed E-state index contributed by atoms with van der Waals surface area (Å²) in [6.45, 7) is 5.09. The molecule has 1 amide bonds. The molecule has 2 aromatic rings. The molecule has 4 rings (SSSR count). The van der Waals surface area contributed by atoms with E-state index in [1.54, 1.807) is 18.2 Å². The van der Waals surface area contributed by atoms with Gasteiger partial charge in [0.1, 0.15) is 13.2 Å². The van der Waals surface area contributed by atoms with Gasteiger partial charge in [0.25, 0.3) is 5.91 Å². The number of fused-ring (bicyclic) bond motifs is 1. The highest BCUT2D eigenvalue weighted by atomic mass is 35.5. The summed E-state index contributed by atoms with van der Waals surface area (Å²) >= 11 is 6.28. The first kappa shape index (κ1) is 18.1. The molecule has 0 atom stereocenters. The lowest BCUT2D eigenvalue weighted by atomic mass is 10.1. The monoisotopic (exact) mass is 388 g/mol. The van der Waals surface area contributed by atoms with E-state index < -0.39 is 0 Å². The van der Waals surface area contributed by atoms with Crippen LogP contribution in [0.25, 0.3) is 0 Å². The van der Waals surface area contributed by atoms with Crippen LogP contribution < -0.4 is 14.8 Å². The van der Waals surface area contributed by atoms with Crippen LogP contribution in [0.5, 0.6) is 11.5 Å². The molecule has 0 bridgehead atoms. The number of hydrogen-bond acceptors (Lipinski definition) is 5. The average Bonchev–Trinajstić information content (AvgIpc) is 2.69. The van der Waals surface area contributed by atoms with E-state index in [-0.39, 0.29) is 5.91 Å². The molecule has 0 aromatic heterocycles. The van der Waals surface area contributed by atoms with Gasteiger partial charge in [0.05, 0.1) is 23.9 Å². The lowest BCUT2D eigenvalue weighted by molar-refractivity contribution is 0.0342. The summed E-state index contributed by atoms with van der Waals surface area (Å²) < 4.78 is 16.4. The fourth-order valence-corrected chi connectivity index (χ4v) is 3.38. The number of nitrogens with zero attached hydrogens (tertiary/aromatic N) is 1. The van der Waals surface area contributed by atoms with Crippen LogP contribution in [0.2, 0.25) is 5.02 Å². The first-order valence-electron chi connectivity index (χ1n) is 8.98. The SMILES string of the molecule is O=C(Nc1cc2c(cc1Cl)OCCO2)c1cccc(CN2CCOCC2)c1. The Hall–Kier alpha value is -2.28. The molecule has 6 nitrogen and oxygen atoms in total. The molecule has 2 heterocycles. The van der Waals surface area contributed by atoms with Gasteiger partial charge in [0, 0.05) is 37.3 Å². The third-order valence-electron chi connectivity index (χ3n) is 4.58. The largest absolute Gasteiger partial charge is 0.486 e. The Kier molecular flexibility index (Phi) is 5.48. The second-order valence-electron chi connectivity index (χ2n) is 6.52. The predicted molar refractivity (Wildman–Crippen MR) is 103 cm³/mol. The lowest BCUT2D eigenvalue weighted by Gasteiger charge is -2.26. The molecule has 0 spiro atoms. The number of hydrogen-bond donors (Lipinski definition) is 1. The van der Waals surface area contributed by atoms with E-state index in [1.165, 1.54) is 0 Å². The molecule has 27 heavy (non-hydrogen) atoms. The first-order chi connectivity index (χ1) is 13.2. The van der Waals surface area contributed by atoms with E-state index in [2.05, 4.69) is 10.2 Å². The van der Waals surface area contributed by atoms with Crippen molar-refractivity contribution < 1.29 is 19.0 Å². The van der Waals surface area contributed by atoms with Crippen molar-refractivity contribution in [2.75, 3.05) is 44.8 Å². The molecule has 0 radical (unpaired) electrons. The molecule has 0 aliphatic carbocycles.